The predicted molar refractivity (Wildman–Crippen MR) is 197 cm³/mol. The molecule has 0 aliphatic heterocycles. The molecule has 1 amide bonds. The first-order chi connectivity index (χ1) is 25.2. The lowest BCUT2D eigenvalue weighted by Crippen LogP contribution is -2.55. The number of alkyl halides is 2. The van der Waals surface area contributed by atoms with Gasteiger partial charge in [-0.2, -0.15) is 13.5 Å². The number of carbonyl (C=O) groups excluding carboxylic acids is 2. The largest absolute Gasteiger partial charge is 0.493 e. The summed E-state index contributed by atoms with van der Waals surface area (Å²) in [5, 5.41) is 2.88. The van der Waals surface area contributed by atoms with Crippen LogP contribution in [0.5, 0.6) is 17.2 Å². The topological polar surface area (TPSA) is 120 Å². The van der Waals surface area contributed by atoms with E-state index in [0.29, 0.717) is 55.5 Å². The molecular weight excluding hydrogens is 703 g/mol. The van der Waals surface area contributed by atoms with Gasteiger partial charge in [0.15, 0.2) is 5.78 Å². The van der Waals surface area contributed by atoms with Crippen molar-refractivity contribution in [1.29, 1.82) is 0 Å². The Balaban J connectivity index is 1.23. The fraction of sp³-hybridized carbons (Fsp3) is 0.512. The number of para-hydroxylation sites is 1. The van der Waals surface area contributed by atoms with E-state index in [9.17, 15) is 18.0 Å². The summed E-state index contributed by atoms with van der Waals surface area (Å²) in [5.74, 6) is -4.48. The Morgan fingerprint density at radius 1 is 0.792 bits per heavy atom. The second-order valence-electron chi connectivity index (χ2n) is 15.7. The Bertz CT molecular complexity index is 1800. The van der Waals surface area contributed by atoms with Gasteiger partial charge in [-0.1, -0.05) is 37.5 Å². The highest BCUT2D eigenvalue weighted by Crippen LogP contribution is 2.49. The zero-order chi connectivity index (χ0) is 37.8. The Morgan fingerprint density at radius 2 is 1.38 bits per heavy atom. The number of rotatable bonds is 13. The molecule has 3 saturated carbocycles. The number of ether oxygens (including phenoxy) is 3. The molecule has 3 aromatic rings. The lowest BCUT2D eigenvalue weighted by molar-refractivity contribution is -0.139. The second kappa shape index (κ2) is 16.1. The molecule has 3 unspecified atom stereocenters. The lowest BCUT2D eigenvalue weighted by Gasteiger charge is -2.38. The molecule has 3 atom stereocenters. The highest BCUT2D eigenvalue weighted by molar-refractivity contribution is 7.89. The molecule has 0 saturated heterocycles. The fourth-order valence-corrected chi connectivity index (χ4v) is 9.34. The van der Waals surface area contributed by atoms with Gasteiger partial charge in [-0.15, -0.1) is 0 Å². The molecule has 2 N–H and O–H groups in total. The van der Waals surface area contributed by atoms with E-state index in [-0.39, 0.29) is 22.8 Å². The summed E-state index contributed by atoms with van der Waals surface area (Å²) in [6, 6.07) is 16.9. The number of hydrogen-bond acceptors (Lipinski definition) is 7. The van der Waals surface area contributed by atoms with Gasteiger partial charge in [0.25, 0.3) is 5.92 Å². The van der Waals surface area contributed by atoms with Gasteiger partial charge in [-0.25, -0.2) is 13.2 Å². The summed E-state index contributed by atoms with van der Waals surface area (Å²) in [6.07, 6.45) is 7.15. The molecule has 3 aliphatic rings. The lowest BCUT2D eigenvalue weighted by atomic mass is 9.72. The number of benzene rings is 3. The molecule has 286 valence electrons. The fourth-order valence-electron chi connectivity index (χ4n) is 8.13. The molecule has 6 rings (SSSR count). The maximum atomic E-state index is 16.8. The molecule has 0 heterocycles. The van der Waals surface area contributed by atoms with E-state index in [2.05, 4.69) is 10.0 Å². The van der Waals surface area contributed by atoms with Gasteiger partial charge in [-0.3, -0.25) is 4.79 Å². The first-order valence-corrected chi connectivity index (χ1v) is 20.2. The number of halogens is 2. The summed E-state index contributed by atoms with van der Waals surface area (Å²) in [5.41, 5.74) is -1.22. The second-order valence-corrected chi connectivity index (χ2v) is 17.5. The number of nitrogens with one attached hydrogen (secondary N) is 2. The van der Waals surface area contributed by atoms with Crippen LogP contribution in [0.2, 0.25) is 0 Å². The van der Waals surface area contributed by atoms with E-state index < -0.39 is 50.9 Å². The number of amides is 1. The Morgan fingerprint density at radius 3 is 1.98 bits per heavy atom. The van der Waals surface area contributed by atoms with Crippen LogP contribution < -0.4 is 19.5 Å². The highest BCUT2D eigenvalue weighted by atomic mass is 32.2. The standard InChI is InChI=1S/C41H50F2N2O7S/c1-40(2,3)52-39(47)44-31-24-28-14-15-29(25-31)36(28)37(46)38(41(42,43)30-16-18-34(19-17-30)51-33-12-8-5-9-13-33)45-53(48,49)35-22-20-32(21-23-35)50-26-27-10-6-4-7-11-27/h5,8-9,12-13,16-23,27-29,31,36,38,45H,4,6-7,10-11,14-15,24-26H2,1-3H3,(H,44,47). The van der Waals surface area contributed by atoms with Gasteiger partial charge in [0.05, 0.1) is 11.5 Å². The molecule has 2 bridgehead atoms. The van der Waals surface area contributed by atoms with Crippen molar-refractivity contribution in [3.8, 4) is 17.2 Å². The SMILES string of the molecule is CC(C)(C)OC(=O)NC1CC2CCC(C1)C2C(=O)C(NS(=O)(=O)c1ccc(OCC2CCCCC2)cc1)C(F)(F)c1ccc(Oc2ccccc2)cc1. The Kier molecular flexibility index (Phi) is 11.8. The van der Waals surface area contributed by atoms with Gasteiger partial charge >= 0.3 is 6.09 Å². The van der Waals surface area contributed by atoms with Crippen LogP contribution >= 0.6 is 0 Å². The smallest absolute Gasteiger partial charge is 0.407 e. The van der Waals surface area contributed by atoms with E-state index in [0.717, 1.165) is 25.0 Å². The van der Waals surface area contributed by atoms with Gasteiger partial charge in [-0.05, 0) is 138 Å². The van der Waals surface area contributed by atoms with E-state index in [4.69, 9.17) is 14.2 Å². The molecular formula is C41H50F2N2O7S. The first-order valence-electron chi connectivity index (χ1n) is 18.7. The van der Waals surface area contributed by atoms with Gasteiger partial charge < -0.3 is 19.5 Å². The normalized spacial score (nSPS) is 22.8. The highest BCUT2D eigenvalue weighted by Gasteiger charge is 2.55. The van der Waals surface area contributed by atoms with Crippen molar-refractivity contribution in [2.24, 2.45) is 23.7 Å². The number of sulfonamides is 1. The van der Waals surface area contributed by atoms with Crippen LogP contribution in [0.1, 0.15) is 84.1 Å². The summed E-state index contributed by atoms with van der Waals surface area (Å²) in [4.78, 5) is 26.7. The number of fused-ring (bicyclic) bond motifs is 2. The van der Waals surface area contributed by atoms with E-state index in [1.807, 2.05) is 6.07 Å². The number of alkyl carbamates (subject to hydrolysis) is 1. The van der Waals surface area contributed by atoms with Crippen LogP contribution in [0.3, 0.4) is 0 Å². The van der Waals surface area contributed by atoms with Crippen LogP contribution in [0.25, 0.3) is 0 Å². The zero-order valence-electron chi connectivity index (χ0n) is 30.6. The van der Waals surface area contributed by atoms with Gasteiger partial charge in [0.1, 0.15) is 28.9 Å². The molecule has 3 fully saturated rings. The van der Waals surface area contributed by atoms with E-state index >= 15 is 8.78 Å². The minimum absolute atomic E-state index is 0.254. The van der Waals surface area contributed by atoms with Crippen molar-refractivity contribution in [1.82, 2.24) is 10.0 Å². The van der Waals surface area contributed by atoms with Crippen molar-refractivity contribution in [3.05, 3.63) is 84.4 Å². The predicted octanol–water partition coefficient (Wildman–Crippen LogP) is 8.78. The van der Waals surface area contributed by atoms with Gasteiger partial charge in [0.2, 0.25) is 10.0 Å². The molecule has 3 aliphatic carbocycles. The quantitative estimate of drug-likeness (QED) is 0.179. The average Bonchev–Trinajstić information content (AvgIpc) is 3.39. The maximum absolute atomic E-state index is 16.8. The number of carbonyl (C=O) groups is 2. The van der Waals surface area contributed by atoms with Crippen LogP contribution in [0.15, 0.2) is 83.8 Å². The molecule has 12 heteroatoms. The van der Waals surface area contributed by atoms with Crippen LogP contribution in [0.4, 0.5) is 13.6 Å². The minimum Gasteiger partial charge on any atom is -0.493 e. The third kappa shape index (κ3) is 9.75. The molecule has 0 spiro atoms. The third-order valence-corrected chi connectivity index (χ3v) is 12.1. The summed E-state index contributed by atoms with van der Waals surface area (Å²) in [6.45, 7) is 5.81. The minimum atomic E-state index is -4.60. The van der Waals surface area contributed by atoms with Gasteiger partial charge in [0, 0.05) is 17.5 Å². The molecule has 9 nitrogen and oxygen atoms in total. The van der Waals surface area contributed by atoms with Crippen LogP contribution in [0, 0.1) is 23.7 Å². The molecule has 0 radical (unpaired) electrons. The number of Topliss-reactive ketones (excluding diaryl/α,β-unsaturated/α-hetero) is 1. The van der Waals surface area contributed by atoms with Crippen LogP contribution in [-0.2, 0) is 25.5 Å². The van der Waals surface area contributed by atoms with Crippen molar-refractivity contribution < 1.29 is 41.0 Å². The Labute approximate surface area is 311 Å². The molecule has 0 aromatic heterocycles. The maximum Gasteiger partial charge on any atom is 0.407 e. The van der Waals surface area contributed by atoms with Crippen molar-refractivity contribution in [2.75, 3.05) is 6.61 Å². The van der Waals surface area contributed by atoms with Crippen molar-refractivity contribution >= 4 is 21.9 Å². The summed E-state index contributed by atoms with van der Waals surface area (Å²) in [7, 11) is -4.60. The molecule has 3 aromatic carbocycles. The third-order valence-electron chi connectivity index (χ3n) is 10.6. The Hall–Kier alpha value is -4.03. The van der Waals surface area contributed by atoms with Crippen LogP contribution in [-0.4, -0.2) is 44.6 Å². The van der Waals surface area contributed by atoms with E-state index in [1.54, 1.807) is 45.0 Å². The molecule has 53 heavy (non-hydrogen) atoms. The van der Waals surface area contributed by atoms with E-state index in [1.165, 1.54) is 55.7 Å². The zero-order valence-corrected chi connectivity index (χ0v) is 31.4. The van der Waals surface area contributed by atoms with Crippen molar-refractivity contribution in [3.63, 3.8) is 0 Å². The van der Waals surface area contributed by atoms with Crippen molar-refractivity contribution in [2.45, 2.75) is 107 Å². The monoisotopic (exact) mass is 752 g/mol. The summed E-state index contributed by atoms with van der Waals surface area (Å²) >= 11 is 0. The first kappa shape index (κ1) is 38.7. The number of ketones is 1. The summed E-state index contributed by atoms with van der Waals surface area (Å²) < 4.78 is 80.5. The average molecular weight is 753 g/mol. The number of hydrogen-bond donors (Lipinski definition) is 2.